The van der Waals surface area contributed by atoms with Crippen molar-refractivity contribution in [3.8, 4) is 34.6 Å². The van der Waals surface area contributed by atoms with Gasteiger partial charge in [0.05, 0.1) is 19.9 Å². The number of ether oxygens (including phenoxy) is 5. The largest absolute Gasteiger partial charge is 0.497 e. The molecule has 12 heteroatoms. The first kappa shape index (κ1) is 28.4. The highest BCUT2D eigenvalue weighted by Crippen LogP contribution is 2.37. The minimum atomic E-state index is -1.05. The number of piperazine rings is 1. The summed E-state index contributed by atoms with van der Waals surface area (Å²) in [6, 6.07) is 14.2. The standard InChI is InChI=1S/C31H35N5O7/c1-39-21-5-7-24(26(18-21)40-2)35-14-16-36(17-15-35)30(38)31(9-12-32-13-10-31)34-28(37)23-4-3-11-33-29(23)43-22-6-8-25-27(19-22)42-20-41-25/h3-8,11,18-19,32H,9-10,12-17,20H2,1-2H3,(H,34,37). The molecule has 6 rings (SSSR count). The Kier molecular flexibility index (Phi) is 8.10. The van der Waals surface area contributed by atoms with Gasteiger partial charge in [0, 0.05) is 44.5 Å². The zero-order chi connectivity index (χ0) is 29.8. The highest BCUT2D eigenvalue weighted by Gasteiger charge is 2.44. The molecule has 2 N–H and O–H groups in total. The average molecular weight is 590 g/mol. The van der Waals surface area contributed by atoms with Crippen LogP contribution >= 0.6 is 0 Å². The quantitative estimate of drug-likeness (QED) is 0.406. The van der Waals surface area contributed by atoms with Crippen molar-refractivity contribution in [2.75, 3.05) is 65.2 Å². The van der Waals surface area contributed by atoms with E-state index in [1.54, 1.807) is 50.7 Å². The highest BCUT2D eigenvalue weighted by molar-refractivity contribution is 6.01. The van der Waals surface area contributed by atoms with E-state index in [0.717, 1.165) is 17.2 Å². The Morgan fingerprint density at radius 2 is 1.70 bits per heavy atom. The molecule has 0 spiro atoms. The van der Waals surface area contributed by atoms with E-state index in [1.807, 2.05) is 23.1 Å². The summed E-state index contributed by atoms with van der Waals surface area (Å²) in [5.74, 6) is 2.72. The first-order valence-corrected chi connectivity index (χ1v) is 14.3. The number of aromatic nitrogens is 1. The van der Waals surface area contributed by atoms with Crippen LogP contribution in [0.4, 0.5) is 5.69 Å². The second-order valence-electron chi connectivity index (χ2n) is 10.6. The van der Waals surface area contributed by atoms with Crippen molar-refractivity contribution in [1.82, 2.24) is 20.5 Å². The number of anilines is 1. The molecule has 0 bridgehead atoms. The summed E-state index contributed by atoms with van der Waals surface area (Å²) in [6.07, 6.45) is 2.51. The molecule has 4 heterocycles. The summed E-state index contributed by atoms with van der Waals surface area (Å²) in [4.78, 5) is 36.3. The number of fused-ring (bicyclic) bond motifs is 1. The van der Waals surface area contributed by atoms with E-state index in [4.69, 9.17) is 23.7 Å². The fourth-order valence-electron chi connectivity index (χ4n) is 5.73. The van der Waals surface area contributed by atoms with Gasteiger partial charge in [0.2, 0.25) is 18.6 Å². The third-order valence-electron chi connectivity index (χ3n) is 8.09. The number of hydrogen-bond acceptors (Lipinski definition) is 10. The molecule has 0 radical (unpaired) electrons. The van der Waals surface area contributed by atoms with Crippen LogP contribution in [0, 0.1) is 0 Å². The van der Waals surface area contributed by atoms with Crippen LogP contribution in [0.5, 0.6) is 34.6 Å². The lowest BCUT2D eigenvalue weighted by molar-refractivity contribution is -0.139. The second-order valence-corrected chi connectivity index (χ2v) is 10.6. The van der Waals surface area contributed by atoms with Crippen LogP contribution in [0.2, 0.25) is 0 Å². The number of carbonyl (C=O) groups excluding carboxylic acids is 2. The minimum Gasteiger partial charge on any atom is -0.497 e. The number of hydrogen-bond donors (Lipinski definition) is 2. The van der Waals surface area contributed by atoms with E-state index < -0.39 is 11.4 Å². The monoisotopic (exact) mass is 589 g/mol. The summed E-state index contributed by atoms with van der Waals surface area (Å²) >= 11 is 0. The number of pyridine rings is 1. The van der Waals surface area contributed by atoms with Gasteiger partial charge in [-0.25, -0.2) is 4.98 Å². The maximum atomic E-state index is 14.1. The number of rotatable bonds is 8. The zero-order valence-electron chi connectivity index (χ0n) is 24.3. The van der Waals surface area contributed by atoms with Gasteiger partial charge in [-0.1, -0.05) is 0 Å². The minimum absolute atomic E-state index is 0.0779. The Balaban J connectivity index is 1.17. The van der Waals surface area contributed by atoms with Gasteiger partial charge >= 0.3 is 0 Å². The van der Waals surface area contributed by atoms with Gasteiger partial charge in [0.1, 0.15) is 28.4 Å². The molecule has 2 fully saturated rings. The van der Waals surface area contributed by atoms with Crippen molar-refractivity contribution >= 4 is 17.5 Å². The highest BCUT2D eigenvalue weighted by atomic mass is 16.7. The van der Waals surface area contributed by atoms with Crippen LogP contribution in [0.1, 0.15) is 23.2 Å². The summed E-state index contributed by atoms with van der Waals surface area (Å²) in [7, 11) is 3.26. The Morgan fingerprint density at radius 1 is 0.930 bits per heavy atom. The molecule has 1 aromatic heterocycles. The Hall–Kier alpha value is -4.71. The molecule has 0 atom stereocenters. The van der Waals surface area contributed by atoms with E-state index in [1.165, 1.54) is 0 Å². The van der Waals surface area contributed by atoms with E-state index in [0.29, 0.717) is 69.4 Å². The van der Waals surface area contributed by atoms with Crippen molar-refractivity contribution in [2.24, 2.45) is 0 Å². The van der Waals surface area contributed by atoms with Crippen LogP contribution in [0.15, 0.2) is 54.7 Å². The molecular formula is C31H35N5O7. The van der Waals surface area contributed by atoms with Crippen LogP contribution in [-0.4, -0.2) is 87.5 Å². The van der Waals surface area contributed by atoms with Gasteiger partial charge in [-0.05, 0) is 62.3 Å². The van der Waals surface area contributed by atoms with Gasteiger partial charge in [0.25, 0.3) is 5.91 Å². The lowest BCUT2D eigenvalue weighted by Crippen LogP contribution is -2.65. The smallest absolute Gasteiger partial charge is 0.257 e. The van der Waals surface area contributed by atoms with Gasteiger partial charge in [-0.2, -0.15) is 0 Å². The molecule has 0 saturated carbocycles. The topological polar surface area (TPSA) is 124 Å². The van der Waals surface area contributed by atoms with Crippen molar-refractivity contribution in [3.05, 3.63) is 60.3 Å². The first-order valence-electron chi connectivity index (χ1n) is 14.3. The molecule has 2 saturated heterocycles. The van der Waals surface area contributed by atoms with Crippen LogP contribution in [-0.2, 0) is 4.79 Å². The van der Waals surface area contributed by atoms with Crippen LogP contribution < -0.4 is 39.2 Å². The molecule has 2 amide bonds. The van der Waals surface area contributed by atoms with Gasteiger partial charge in [-0.15, -0.1) is 0 Å². The maximum absolute atomic E-state index is 14.1. The summed E-state index contributed by atoms with van der Waals surface area (Å²) in [6.45, 7) is 3.67. The predicted molar refractivity (Wildman–Crippen MR) is 158 cm³/mol. The second kappa shape index (κ2) is 12.3. The number of nitrogens with one attached hydrogen (secondary N) is 2. The molecule has 0 unspecified atom stereocenters. The lowest BCUT2D eigenvalue weighted by Gasteiger charge is -2.43. The number of amides is 2. The molecule has 0 aliphatic carbocycles. The van der Waals surface area contributed by atoms with Crippen molar-refractivity contribution in [3.63, 3.8) is 0 Å². The fraction of sp³-hybridized carbons (Fsp3) is 0.387. The Morgan fingerprint density at radius 3 is 2.47 bits per heavy atom. The number of piperidine rings is 1. The number of benzene rings is 2. The van der Waals surface area contributed by atoms with Gasteiger partial charge in [0.15, 0.2) is 11.5 Å². The summed E-state index contributed by atoms with van der Waals surface area (Å²) in [5, 5.41) is 6.42. The molecular weight excluding hydrogens is 554 g/mol. The molecule has 3 aromatic rings. The normalized spacial score (nSPS) is 17.3. The molecule has 43 heavy (non-hydrogen) atoms. The summed E-state index contributed by atoms with van der Waals surface area (Å²) in [5.41, 5.74) is 0.142. The first-order chi connectivity index (χ1) is 21.0. The predicted octanol–water partition coefficient (Wildman–Crippen LogP) is 2.82. The molecule has 12 nitrogen and oxygen atoms in total. The third-order valence-corrected chi connectivity index (χ3v) is 8.09. The molecule has 3 aliphatic heterocycles. The number of nitrogens with zero attached hydrogens (tertiary/aromatic N) is 3. The molecule has 3 aliphatic rings. The molecule has 2 aromatic carbocycles. The van der Waals surface area contributed by atoms with Crippen molar-refractivity contribution in [1.29, 1.82) is 0 Å². The van der Waals surface area contributed by atoms with Gasteiger partial charge in [-0.3, -0.25) is 9.59 Å². The molecule has 226 valence electrons. The maximum Gasteiger partial charge on any atom is 0.257 e. The van der Waals surface area contributed by atoms with E-state index >= 15 is 0 Å². The average Bonchev–Trinajstić information content (AvgIpc) is 3.53. The zero-order valence-corrected chi connectivity index (χ0v) is 24.3. The summed E-state index contributed by atoms with van der Waals surface area (Å²) < 4.78 is 27.7. The lowest BCUT2D eigenvalue weighted by atomic mass is 9.86. The fourth-order valence-corrected chi connectivity index (χ4v) is 5.73. The third kappa shape index (κ3) is 5.82. The van der Waals surface area contributed by atoms with E-state index in [-0.39, 0.29) is 24.1 Å². The van der Waals surface area contributed by atoms with Crippen LogP contribution in [0.25, 0.3) is 0 Å². The van der Waals surface area contributed by atoms with Crippen molar-refractivity contribution < 1.29 is 33.3 Å². The Bertz CT molecular complexity index is 1490. The van der Waals surface area contributed by atoms with Gasteiger partial charge < -0.3 is 44.1 Å². The SMILES string of the molecule is COc1ccc(N2CCN(C(=O)C3(NC(=O)c4cccnc4Oc4ccc5c(c4)OCO5)CCNCC3)CC2)c(OC)c1. The number of methoxy groups -OCH3 is 2. The Labute approximate surface area is 249 Å². The van der Waals surface area contributed by atoms with Crippen LogP contribution in [0.3, 0.4) is 0 Å². The number of carbonyl (C=O) groups is 2. The van der Waals surface area contributed by atoms with E-state index in [2.05, 4.69) is 20.5 Å². The van der Waals surface area contributed by atoms with E-state index in [9.17, 15) is 9.59 Å². The van der Waals surface area contributed by atoms with Crippen molar-refractivity contribution in [2.45, 2.75) is 18.4 Å².